The molecule has 0 radical (unpaired) electrons. The molecule has 4 aromatic rings. The first-order valence-electron chi connectivity index (χ1n) is 10.8. The van der Waals surface area contributed by atoms with Crippen molar-refractivity contribution in [3.8, 4) is 0 Å². The number of thioether (sulfide) groups is 1. The molecule has 4 heterocycles. The van der Waals surface area contributed by atoms with E-state index < -0.39 is 5.56 Å². The number of nitrogens with one attached hydrogen (secondary N) is 2. The summed E-state index contributed by atoms with van der Waals surface area (Å²) in [5, 5.41) is 11.0. The van der Waals surface area contributed by atoms with Crippen LogP contribution in [-0.2, 0) is 28.9 Å². The van der Waals surface area contributed by atoms with E-state index in [1.54, 1.807) is 36.9 Å². The molecule has 178 valence electrons. The number of H-pyrrole nitrogens is 1. The zero-order valence-corrected chi connectivity index (χ0v) is 20.6. The van der Waals surface area contributed by atoms with Gasteiger partial charge in [-0.25, -0.2) is 10.1 Å². The highest BCUT2D eigenvalue weighted by molar-refractivity contribution is 7.99. The molecule has 0 spiro atoms. The summed E-state index contributed by atoms with van der Waals surface area (Å²) < 4.78 is 12.4. The summed E-state index contributed by atoms with van der Waals surface area (Å²) in [6, 6.07) is 0. The Morgan fingerprint density at radius 2 is 2.09 bits per heavy atom. The van der Waals surface area contributed by atoms with Crippen LogP contribution in [0, 0.1) is 13.8 Å². The van der Waals surface area contributed by atoms with Crippen molar-refractivity contribution >= 4 is 55.9 Å². The first-order valence-corrected chi connectivity index (χ1v) is 12.6. The molecular weight excluding hydrogens is 478 g/mol. The van der Waals surface area contributed by atoms with E-state index >= 15 is 0 Å². The number of methoxy groups -OCH3 is 1. The summed E-state index contributed by atoms with van der Waals surface area (Å²) in [5.74, 6) is 0.190. The van der Waals surface area contributed by atoms with E-state index in [2.05, 4.69) is 15.5 Å². The van der Waals surface area contributed by atoms with Gasteiger partial charge in [0.1, 0.15) is 16.0 Å². The standard InChI is InChI=1S/C22H23N5O5S2/c1-10-15-11(2)32-19(17(15)18(29)26-25-10)23-14(28)9-33-22-24-20-16(12-5-4-6-13(12)34-20)21(30)27(22)7-8-31-3/h4-9H2,1-3H3,(H,23,28)(H,26,29). The number of thiophene rings is 1. The zero-order valence-electron chi connectivity index (χ0n) is 18.9. The molecule has 4 aromatic heterocycles. The van der Waals surface area contributed by atoms with Gasteiger partial charge in [-0.2, -0.15) is 5.10 Å². The van der Waals surface area contributed by atoms with Crippen molar-refractivity contribution in [1.82, 2.24) is 19.7 Å². The van der Waals surface area contributed by atoms with Crippen molar-refractivity contribution in [3.63, 3.8) is 0 Å². The van der Waals surface area contributed by atoms with E-state index in [4.69, 9.17) is 14.1 Å². The largest absolute Gasteiger partial charge is 0.444 e. The molecule has 0 unspecified atom stereocenters. The lowest BCUT2D eigenvalue weighted by molar-refractivity contribution is -0.113. The minimum absolute atomic E-state index is 0.0147. The zero-order chi connectivity index (χ0) is 24.0. The van der Waals surface area contributed by atoms with E-state index in [1.807, 2.05) is 0 Å². The number of nitrogens with zero attached hydrogens (tertiary/aromatic N) is 3. The molecule has 34 heavy (non-hydrogen) atoms. The number of furan rings is 1. The highest BCUT2D eigenvalue weighted by Gasteiger charge is 2.24. The van der Waals surface area contributed by atoms with Crippen molar-refractivity contribution in [1.29, 1.82) is 0 Å². The van der Waals surface area contributed by atoms with Gasteiger partial charge in [0.05, 0.1) is 35.4 Å². The van der Waals surface area contributed by atoms with Crippen molar-refractivity contribution in [3.05, 3.63) is 42.6 Å². The van der Waals surface area contributed by atoms with Crippen LogP contribution in [0.4, 0.5) is 5.88 Å². The van der Waals surface area contributed by atoms with Crippen LogP contribution in [0.15, 0.2) is 19.2 Å². The fourth-order valence-corrected chi connectivity index (χ4v) is 6.50. The molecule has 2 N–H and O–H groups in total. The predicted molar refractivity (Wildman–Crippen MR) is 131 cm³/mol. The first-order chi connectivity index (χ1) is 16.4. The number of hydrogen-bond donors (Lipinski definition) is 2. The third kappa shape index (κ3) is 3.85. The van der Waals surface area contributed by atoms with Gasteiger partial charge in [0.25, 0.3) is 11.1 Å². The van der Waals surface area contributed by atoms with Crippen molar-refractivity contribution in [2.24, 2.45) is 0 Å². The maximum atomic E-state index is 13.3. The molecule has 0 aromatic carbocycles. The molecule has 0 aliphatic heterocycles. The van der Waals surface area contributed by atoms with Gasteiger partial charge in [0.15, 0.2) is 5.16 Å². The van der Waals surface area contributed by atoms with Crippen LogP contribution in [0.1, 0.15) is 28.3 Å². The van der Waals surface area contributed by atoms with Gasteiger partial charge in [-0.05, 0) is 38.7 Å². The molecule has 0 saturated heterocycles. The van der Waals surface area contributed by atoms with E-state index in [-0.39, 0.29) is 28.5 Å². The molecule has 5 rings (SSSR count). The molecule has 0 fully saturated rings. The number of ether oxygens (including phenoxy) is 1. The SMILES string of the molecule is COCCn1c(SCC(=O)Nc2oc(C)c3c(C)n[nH]c(=O)c23)nc2sc3c(c2c1=O)CCC3. The molecular formula is C22H23N5O5S2. The van der Waals surface area contributed by atoms with E-state index in [0.29, 0.717) is 45.4 Å². The van der Waals surface area contributed by atoms with Crippen LogP contribution in [0.5, 0.6) is 0 Å². The highest BCUT2D eigenvalue weighted by Crippen LogP contribution is 2.35. The minimum Gasteiger partial charge on any atom is -0.444 e. The van der Waals surface area contributed by atoms with Crippen LogP contribution in [0.25, 0.3) is 21.0 Å². The topological polar surface area (TPSA) is 132 Å². The number of fused-ring (bicyclic) bond motifs is 4. The quantitative estimate of drug-likeness (QED) is 0.292. The second-order valence-electron chi connectivity index (χ2n) is 8.09. The number of aromatic amines is 1. The van der Waals surface area contributed by atoms with Crippen LogP contribution in [0.2, 0.25) is 0 Å². The molecule has 12 heteroatoms. The Morgan fingerprint density at radius 3 is 2.88 bits per heavy atom. The molecule has 1 aliphatic carbocycles. The van der Waals surface area contributed by atoms with Gasteiger partial charge >= 0.3 is 0 Å². The van der Waals surface area contributed by atoms with Crippen molar-refractivity contribution in [2.75, 3.05) is 24.8 Å². The number of rotatable bonds is 7. The Balaban J connectivity index is 1.42. The second kappa shape index (κ2) is 9.01. The highest BCUT2D eigenvalue weighted by atomic mass is 32.2. The summed E-state index contributed by atoms with van der Waals surface area (Å²) in [7, 11) is 1.58. The molecule has 0 saturated carbocycles. The van der Waals surface area contributed by atoms with Crippen LogP contribution in [0.3, 0.4) is 0 Å². The fourth-order valence-electron chi connectivity index (χ4n) is 4.37. The van der Waals surface area contributed by atoms with Crippen molar-refractivity contribution < 1.29 is 13.9 Å². The van der Waals surface area contributed by atoms with Crippen LogP contribution >= 0.6 is 23.1 Å². The van der Waals surface area contributed by atoms with Gasteiger partial charge in [-0.1, -0.05) is 11.8 Å². The van der Waals surface area contributed by atoms with Crippen LogP contribution < -0.4 is 16.4 Å². The monoisotopic (exact) mass is 501 g/mol. The van der Waals surface area contributed by atoms with E-state index in [1.165, 1.54) is 16.6 Å². The lowest BCUT2D eigenvalue weighted by atomic mass is 10.2. The number of aromatic nitrogens is 4. The van der Waals surface area contributed by atoms with Gasteiger partial charge in [-0.15, -0.1) is 11.3 Å². The summed E-state index contributed by atoms with van der Waals surface area (Å²) in [6.45, 7) is 4.17. The molecule has 0 bridgehead atoms. The molecule has 0 atom stereocenters. The number of anilines is 1. The number of carbonyl (C=O) groups excluding carboxylic acids is 1. The van der Waals surface area contributed by atoms with E-state index in [0.717, 1.165) is 24.8 Å². The molecule has 10 nitrogen and oxygen atoms in total. The van der Waals surface area contributed by atoms with Crippen molar-refractivity contribution in [2.45, 2.75) is 44.8 Å². The van der Waals surface area contributed by atoms with Gasteiger partial charge in [0.2, 0.25) is 11.8 Å². The third-order valence-electron chi connectivity index (χ3n) is 5.89. The second-order valence-corrected chi connectivity index (χ2v) is 10.1. The Hall–Kier alpha value is -2.96. The molecule has 1 amide bonds. The lowest BCUT2D eigenvalue weighted by Crippen LogP contribution is -2.26. The maximum Gasteiger partial charge on any atom is 0.277 e. The average molecular weight is 502 g/mol. The third-order valence-corrected chi connectivity index (χ3v) is 8.05. The Kier molecular flexibility index (Phi) is 6.04. The number of carbonyl (C=O) groups is 1. The first kappa shape index (κ1) is 22.8. The molecule has 1 aliphatic rings. The predicted octanol–water partition coefficient (Wildman–Crippen LogP) is 2.77. The Morgan fingerprint density at radius 1 is 1.26 bits per heavy atom. The Labute approximate surface area is 201 Å². The smallest absolute Gasteiger partial charge is 0.277 e. The maximum absolute atomic E-state index is 13.3. The van der Waals surface area contributed by atoms with Gasteiger partial charge in [0, 0.05) is 12.0 Å². The fraction of sp³-hybridized carbons (Fsp3) is 0.409. The van der Waals surface area contributed by atoms with Crippen LogP contribution in [-0.4, -0.2) is 45.1 Å². The summed E-state index contributed by atoms with van der Waals surface area (Å²) in [4.78, 5) is 45.1. The number of aryl methyl sites for hydroxylation is 4. The minimum atomic E-state index is -0.438. The summed E-state index contributed by atoms with van der Waals surface area (Å²) in [6.07, 6.45) is 2.93. The number of hydrogen-bond acceptors (Lipinski definition) is 9. The van der Waals surface area contributed by atoms with Gasteiger partial charge in [-0.3, -0.25) is 24.3 Å². The number of amides is 1. The van der Waals surface area contributed by atoms with Gasteiger partial charge < -0.3 is 9.15 Å². The Bertz CT molecular complexity index is 1550. The summed E-state index contributed by atoms with van der Waals surface area (Å²) >= 11 is 2.73. The normalized spacial score (nSPS) is 13.1. The average Bonchev–Trinajstić information content (AvgIpc) is 3.47. The van der Waals surface area contributed by atoms with E-state index in [9.17, 15) is 14.4 Å². The lowest BCUT2D eigenvalue weighted by Gasteiger charge is -2.12. The summed E-state index contributed by atoms with van der Waals surface area (Å²) in [5.41, 5.74) is 1.19.